The molecule has 1 aromatic rings. The van der Waals surface area contributed by atoms with Crippen molar-refractivity contribution in [3.8, 4) is 0 Å². The maximum absolute atomic E-state index is 12.6. The number of thioether (sulfide) groups is 1. The van der Waals surface area contributed by atoms with E-state index >= 15 is 0 Å². The SMILES string of the molecule is CCCN1C(=O)C(SCCO)=C(c2ccc(NC(C)=O)cc2)C1=O. The molecule has 0 saturated carbocycles. The zero-order valence-electron chi connectivity index (χ0n) is 13.7. The van der Waals surface area contributed by atoms with Gasteiger partial charge in [0.2, 0.25) is 5.91 Å². The minimum absolute atomic E-state index is 0.0713. The monoisotopic (exact) mass is 348 g/mol. The van der Waals surface area contributed by atoms with E-state index in [0.29, 0.717) is 40.4 Å². The van der Waals surface area contributed by atoms with Crippen LogP contribution < -0.4 is 5.32 Å². The van der Waals surface area contributed by atoms with Gasteiger partial charge in [0.15, 0.2) is 0 Å². The lowest BCUT2D eigenvalue weighted by atomic mass is 10.1. The number of carbonyl (C=O) groups excluding carboxylic acids is 3. The van der Waals surface area contributed by atoms with Gasteiger partial charge in [0.05, 0.1) is 17.1 Å². The molecule has 1 heterocycles. The van der Waals surface area contributed by atoms with Crippen LogP contribution in [-0.4, -0.2) is 46.6 Å². The predicted molar refractivity (Wildman–Crippen MR) is 94.2 cm³/mol. The highest BCUT2D eigenvalue weighted by Crippen LogP contribution is 2.36. The molecule has 0 atom stereocenters. The molecule has 128 valence electrons. The number of imide groups is 1. The Balaban J connectivity index is 2.37. The fourth-order valence-electron chi connectivity index (χ4n) is 2.44. The molecule has 2 rings (SSSR count). The van der Waals surface area contributed by atoms with E-state index in [-0.39, 0.29) is 24.3 Å². The van der Waals surface area contributed by atoms with Gasteiger partial charge in [-0.1, -0.05) is 19.1 Å². The Hall–Kier alpha value is -2.12. The highest BCUT2D eigenvalue weighted by Gasteiger charge is 2.38. The van der Waals surface area contributed by atoms with Crippen molar-refractivity contribution in [2.45, 2.75) is 20.3 Å². The summed E-state index contributed by atoms with van der Waals surface area (Å²) in [5, 5.41) is 11.7. The van der Waals surface area contributed by atoms with Gasteiger partial charge in [0, 0.05) is 24.9 Å². The lowest BCUT2D eigenvalue weighted by molar-refractivity contribution is -0.136. The third-order valence-electron chi connectivity index (χ3n) is 3.40. The third kappa shape index (κ3) is 3.85. The molecule has 6 nitrogen and oxygen atoms in total. The second-order valence-electron chi connectivity index (χ2n) is 5.30. The summed E-state index contributed by atoms with van der Waals surface area (Å²) in [5.41, 5.74) is 1.61. The fraction of sp³-hybridized carbons (Fsp3) is 0.353. The molecular weight excluding hydrogens is 328 g/mol. The highest BCUT2D eigenvalue weighted by molar-refractivity contribution is 8.04. The van der Waals surface area contributed by atoms with Gasteiger partial charge in [-0.15, -0.1) is 11.8 Å². The average molecular weight is 348 g/mol. The fourth-order valence-corrected chi connectivity index (χ4v) is 3.32. The summed E-state index contributed by atoms with van der Waals surface area (Å²) < 4.78 is 0. The molecule has 7 heteroatoms. The van der Waals surface area contributed by atoms with Gasteiger partial charge in [-0.05, 0) is 24.1 Å². The molecule has 2 N–H and O–H groups in total. The zero-order chi connectivity index (χ0) is 17.7. The summed E-state index contributed by atoms with van der Waals surface area (Å²) in [4.78, 5) is 37.8. The van der Waals surface area contributed by atoms with Crippen molar-refractivity contribution in [2.24, 2.45) is 0 Å². The molecule has 0 spiro atoms. The number of anilines is 1. The van der Waals surface area contributed by atoms with Crippen molar-refractivity contribution in [3.63, 3.8) is 0 Å². The molecule has 0 bridgehead atoms. The van der Waals surface area contributed by atoms with Crippen LogP contribution in [0.25, 0.3) is 5.57 Å². The molecule has 1 aliphatic rings. The van der Waals surface area contributed by atoms with Crippen LogP contribution in [0.3, 0.4) is 0 Å². The summed E-state index contributed by atoms with van der Waals surface area (Å²) in [7, 11) is 0. The van der Waals surface area contributed by atoms with Gasteiger partial charge in [-0.3, -0.25) is 19.3 Å². The molecule has 0 unspecified atom stereocenters. The molecule has 1 aromatic carbocycles. The van der Waals surface area contributed by atoms with Crippen LogP contribution in [-0.2, 0) is 14.4 Å². The van der Waals surface area contributed by atoms with E-state index in [1.807, 2.05) is 6.92 Å². The number of rotatable bonds is 7. The van der Waals surface area contributed by atoms with E-state index < -0.39 is 0 Å². The Labute approximate surface area is 144 Å². The van der Waals surface area contributed by atoms with E-state index in [2.05, 4.69) is 5.32 Å². The van der Waals surface area contributed by atoms with Crippen LogP contribution in [0.2, 0.25) is 0 Å². The Morgan fingerprint density at radius 2 is 1.88 bits per heavy atom. The minimum atomic E-state index is -0.311. The van der Waals surface area contributed by atoms with Crippen LogP contribution in [0.4, 0.5) is 5.69 Å². The molecule has 0 saturated heterocycles. The second kappa shape index (κ2) is 8.12. The molecule has 3 amide bonds. The topological polar surface area (TPSA) is 86.7 Å². The van der Waals surface area contributed by atoms with Gasteiger partial charge in [0.1, 0.15) is 0 Å². The lowest BCUT2D eigenvalue weighted by Gasteiger charge is -2.13. The number of hydrogen-bond acceptors (Lipinski definition) is 5. The Morgan fingerprint density at radius 3 is 2.42 bits per heavy atom. The van der Waals surface area contributed by atoms with E-state index in [1.165, 1.54) is 23.6 Å². The molecule has 0 aromatic heterocycles. The van der Waals surface area contributed by atoms with Gasteiger partial charge >= 0.3 is 0 Å². The first-order valence-electron chi connectivity index (χ1n) is 7.71. The highest BCUT2D eigenvalue weighted by atomic mass is 32.2. The van der Waals surface area contributed by atoms with Crippen molar-refractivity contribution >= 4 is 40.7 Å². The van der Waals surface area contributed by atoms with Crippen LogP contribution in [0.15, 0.2) is 29.2 Å². The lowest BCUT2D eigenvalue weighted by Crippen LogP contribution is -2.32. The van der Waals surface area contributed by atoms with Crippen molar-refractivity contribution in [1.29, 1.82) is 0 Å². The van der Waals surface area contributed by atoms with Gasteiger partial charge in [-0.25, -0.2) is 0 Å². The summed E-state index contributed by atoms with van der Waals surface area (Å²) in [6.07, 6.45) is 0.685. The summed E-state index contributed by atoms with van der Waals surface area (Å²) in [5.74, 6) is -0.444. The summed E-state index contributed by atoms with van der Waals surface area (Å²) in [6.45, 7) is 3.62. The number of nitrogens with zero attached hydrogens (tertiary/aromatic N) is 1. The Bertz CT molecular complexity index is 682. The maximum Gasteiger partial charge on any atom is 0.267 e. The largest absolute Gasteiger partial charge is 0.396 e. The molecule has 24 heavy (non-hydrogen) atoms. The van der Waals surface area contributed by atoms with Crippen LogP contribution in [0.1, 0.15) is 25.8 Å². The average Bonchev–Trinajstić information content (AvgIpc) is 2.78. The predicted octanol–water partition coefficient (Wildman–Crippen LogP) is 1.86. The Morgan fingerprint density at radius 1 is 1.21 bits per heavy atom. The Kier molecular flexibility index (Phi) is 6.16. The molecule has 0 fully saturated rings. The van der Waals surface area contributed by atoms with Crippen molar-refractivity contribution in [1.82, 2.24) is 4.90 Å². The molecule has 1 aliphatic heterocycles. The van der Waals surface area contributed by atoms with Crippen molar-refractivity contribution < 1.29 is 19.5 Å². The number of aliphatic hydroxyl groups excluding tert-OH is 1. The first kappa shape index (κ1) is 18.2. The normalized spacial score (nSPS) is 14.5. The van der Waals surface area contributed by atoms with Crippen molar-refractivity contribution in [3.05, 3.63) is 34.7 Å². The van der Waals surface area contributed by atoms with E-state index in [1.54, 1.807) is 24.3 Å². The first-order valence-corrected chi connectivity index (χ1v) is 8.70. The number of benzene rings is 1. The number of hydrogen-bond donors (Lipinski definition) is 2. The third-order valence-corrected chi connectivity index (χ3v) is 4.46. The molecule has 0 aliphatic carbocycles. The van der Waals surface area contributed by atoms with E-state index in [9.17, 15) is 14.4 Å². The van der Waals surface area contributed by atoms with Crippen LogP contribution in [0, 0.1) is 0 Å². The van der Waals surface area contributed by atoms with Crippen LogP contribution in [0.5, 0.6) is 0 Å². The van der Waals surface area contributed by atoms with Crippen LogP contribution >= 0.6 is 11.8 Å². The number of aliphatic hydroxyl groups is 1. The van der Waals surface area contributed by atoms with Gasteiger partial charge in [-0.2, -0.15) is 0 Å². The maximum atomic E-state index is 12.6. The quantitative estimate of drug-likeness (QED) is 0.735. The first-order chi connectivity index (χ1) is 11.5. The molecular formula is C17H20N2O4S. The summed E-state index contributed by atoms with van der Waals surface area (Å²) >= 11 is 1.19. The zero-order valence-corrected chi connectivity index (χ0v) is 14.5. The number of amides is 3. The number of carbonyl (C=O) groups is 3. The van der Waals surface area contributed by atoms with Gasteiger partial charge in [0.25, 0.3) is 11.8 Å². The van der Waals surface area contributed by atoms with E-state index in [4.69, 9.17) is 5.11 Å². The van der Waals surface area contributed by atoms with Gasteiger partial charge < -0.3 is 10.4 Å². The second-order valence-corrected chi connectivity index (χ2v) is 6.40. The number of nitrogens with one attached hydrogen (secondary N) is 1. The smallest absolute Gasteiger partial charge is 0.267 e. The summed E-state index contributed by atoms with van der Waals surface area (Å²) in [6, 6.07) is 6.80. The van der Waals surface area contributed by atoms with E-state index in [0.717, 1.165) is 0 Å². The molecule has 0 radical (unpaired) electrons. The van der Waals surface area contributed by atoms with Crippen molar-refractivity contribution in [2.75, 3.05) is 24.2 Å². The minimum Gasteiger partial charge on any atom is -0.396 e. The standard InChI is InChI=1S/C17H20N2O4S/c1-3-8-19-16(22)14(15(17(19)23)24-10-9-20)12-4-6-13(7-5-12)18-11(2)21/h4-7,20H,3,8-10H2,1-2H3,(H,18,21).